The molecule has 0 amide bonds. The van der Waals surface area contributed by atoms with E-state index in [9.17, 15) is 0 Å². The summed E-state index contributed by atoms with van der Waals surface area (Å²) in [6.45, 7) is 8.77. The molecule has 0 saturated carbocycles. The van der Waals surface area contributed by atoms with Gasteiger partial charge in [-0.05, 0) is 25.3 Å². The zero-order valence-electron chi connectivity index (χ0n) is 9.50. The van der Waals surface area contributed by atoms with Gasteiger partial charge in [-0.15, -0.1) is 0 Å². The molecule has 2 heterocycles. The summed E-state index contributed by atoms with van der Waals surface area (Å²) in [4.78, 5) is 2.48. The van der Waals surface area contributed by atoms with Gasteiger partial charge in [0.15, 0.2) is 0 Å². The van der Waals surface area contributed by atoms with E-state index < -0.39 is 0 Å². The number of rotatable bonds is 4. The van der Waals surface area contributed by atoms with Gasteiger partial charge < -0.3 is 15.4 Å². The van der Waals surface area contributed by atoms with Crippen LogP contribution in [-0.2, 0) is 4.74 Å². The Balaban J connectivity index is 1.53. The first-order valence-electron chi connectivity index (χ1n) is 6.16. The van der Waals surface area contributed by atoms with Crippen LogP contribution < -0.4 is 10.6 Å². The monoisotopic (exact) mass is 213 g/mol. The molecule has 0 bridgehead atoms. The lowest BCUT2D eigenvalue weighted by molar-refractivity contribution is 0.0646. The van der Waals surface area contributed by atoms with E-state index in [1.54, 1.807) is 0 Å². The Hall–Kier alpha value is -0.160. The fraction of sp³-hybridized carbons (Fsp3) is 1.00. The minimum Gasteiger partial charge on any atom is -0.381 e. The Morgan fingerprint density at radius 1 is 1.20 bits per heavy atom. The lowest BCUT2D eigenvalue weighted by Crippen LogP contribution is -2.47. The van der Waals surface area contributed by atoms with Crippen LogP contribution in [0.15, 0.2) is 0 Å². The van der Waals surface area contributed by atoms with Crippen LogP contribution in [0.2, 0.25) is 0 Å². The molecule has 2 N–H and O–H groups in total. The number of hydrogen-bond acceptors (Lipinski definition) is 4. The van der Waals surface area contributed by atoms with Crippen LogP contribution in [0.1, 0.15) is 12.8 Å². The highest BCUT2D eigenvalue weighted by Crippen LogP contribution is 2.12. The zero-order chi connectivity index (χ0) is 10.3. The summed E-state index contributed by atoms with van der Waals surface area (Å²) < 4.78 is 5.35. The Labute approximate surface area is 92.4 Å². The predicted molar refractivity (Wildman–Crippen MR) is 60.9 cm³/mol. The molecule has 88 valence electrons. The van der Waals surface area contributed by atoms with Crippen molar-refractivity contribution >= 4 is 0 Å². The van der Waals surface area contributed by atoms with E-state index in [2.05, 4.69) is 15.5 Å². The number of nitrogens with zero attached hydrogens (tertiary/aromatic N) is 1. The van der Waals surface area contributed by atoms with Crippen molar-refractivity contribution in [3.8, 4) is 0 Å². The second-order valence-electron chi connectivity index (χ2n) is 4.54. The molecule has 2 rings (SSSR count). The highest BCUT2D eigenvalue weighted by atomic mass is 16.5. The standard InChI is InChI=1S/C11H23N3O/c1-7-15-8-2-11(1)9-13-10-14-5-3-12-4-6-14/h11-13H,1-10H2. The van der Waals surface area contributed by atoms with E-state index in [1.165, 1.54) is 25.9 Å². The van der Waals surface area contributed by atoms with Gasteiger partial charge in [0.25, 0.3) is 0 Å². The van der Waals surface area contributed by atoms with Crippen LogP contribution in [0.3, 0.4) is 0 Å². The highest BCUT2D eigenvalue weighted by Gasteiger charge is 2.14. The molecule has 2 aliphatic rings. The average molecular weight is 213 g/mol. The normalized spacial score (nSPS) is 25.6. The summed E-state index contributed by atoms with van der Waals surface area (Å²) in [5, 5.41) is 6.94. The maximum atomic E-state index is 5.35. The second-order valence-corrected chi connectivity index (χ2v) is 4.54. The van der Waals surface area contributed by atoms with Gasteiger partial charge in [0.2, 0.25) is 0 Å². The van der Waals surface area contributed by atoms with Gasteiger partial charge in [0.1, 0.15) is 0 Å². The zero-order valence-corrected chi connectivity index (χ0v) is 9.50. The molecule has 4 heteroatoms. The Kier molecular flexibility index (Phi) is 4.86. The van der Waals surface area contributed by atoms with Crippen LogP contribution in [0.5, 0.6) is 0 Å². The molecule has 0 aromatic carbocycles. The summed E-state index contributed by atoms with van der Waals surface area (Å²) in [5.41, 5.74) is 0. The van der Waals surface area contributed by atoms with Crippen molar-refractivity contribution < 1.29 is 4.74 Å². The number of piperazine rings is 1. The minimum absolute atomic E-state index is 0.835. The quantitative estimate of drug-likeness (QED) is 0.682. The van der Waals surface area contributed by atoms with Gasteiger partial charge >= 0.3 is 0 Å². The van der Waals surface area contributed by atoms with Crippen LogP contribution in [0.4, 0.5) is 0 Å². The topological polar surface area (TPSA) is 36.5 Å². The third-order valence-electron chi connectivity index (χ3n) is 3.32. The van der Waals surface area contributed by atoms with Gasteiger partial charge in [-0.3, -0.25) is 4.90 Å². The second kappa shape index (κ2) is 6.43. The molecule has 0 aliphatic carbocycles. The molecule has 0 aromatic rings. The van der Waals surface area contributed by atoms with E-state index in [0.29, 0.717) is 0 Å². The smallest absolute Gasteiger partial charge is 0.0481 e. The lowest BCUT2D eigenvalue weighted by atomic mass is 10.0. The Morgan fingerprint density at radius 3 is 2.67 bits per heavy atom. The lowest BCUT2D eigenvalue weighted by Gasteiger charge is -2.29. The first-order chi connectivity index (χ1) is 7.45. The number of nitrogens with one attached hydrogen (secondary N) is 2. The molecule has 0 spiro atoms. The van der Waals surface area contributed by atoms with Gasteiger partial charge in [-0.1, -0.05) is 0 Å². The molecule has 0 unspecified atom stereocenters. The first-order valence-corrected chi connectivity index (χ1v) is 6.16. The van der Waals surface area contributed by atoms with Crippen molar-refractivity contribution in [1.29, 1.82) is 0 Å². The van der Waals surface area contributed by atoms with E-state index in [1.807, 2.05) is 0 Å². The third kappa shape index (κ3) is 4.07. The van der Waals surface area contributed by atoms with Crippen LogP contribution >= 0.6 is 0 Å². The molecule has 2 saturated heterocycles. The van der Waals surface area contributed by atoms with E-state index in [4.69, 9.17) is 4.74 Å². The molecule has 0 aromatic heterocycles. The fourth-order valence-corrected chi connectivity index (χ4v) is 2.25. The predicted octanol–water partition coefficient (Wildman–Crippen LogP) is -0.135. The van der Waals surface area contributed by atoms with Crippen LogP contribution in [0, 0.1) is 5.92 Å². The molecular weight excluding hydrogens is 190 g/mol. The first kappa shape index (κ1) is 11.3. The average Bonchev–Trinajstić information content (AvgIpc) is 2.32. The Morgan fingerprint density at radius 2 is 1.93 bits per heavy atom. The van der Waals surface area contributed by atoms with E-state index in [-0.39, 0.29) is 0 Å². The van der Waals surface area contributed by atoms with Gasteiger partial charge in [0.05, 0.1) is 0 Å². The summed E-state index contributed by atoms with van der Waals surface area (Å²) in [5.74, 6) is 0.835. The van der Waals surface area contributed by atoms with Crippen molar-refractivity contribution in [2.45, 2.75) is 12.8 Å². The summed E-state index contributed by atoms with van der Waals surface area (Å²) in [7, 11) is 0. The summed E-state index contributed by atoms with van der Waals surface area (Å²) in [6.07, 6.45) is 2.46. The van der Waals surface area contributed by atoms with Gasteiger partial charge in [0, 0.05) is 46.1 Å². The molecule has 4 nitrogen and oxygen atoms in total. The van der Waals surface area contributed by atoms with Crippen molar-refractivity contribution in [1.82, 2.24) is 15.5 Å². The molecule has 0 atom stereocenters. The summed E-state index contributed by atoms with van der Waals surface area (Å²) in [6, 6.07) is 0. The third-order valence-corrected chi connectivity index (χ3v) is 3.32. The number of ether oxygens (including phenoxy) is 1. The Bertz CT molecular complexity index is 147. The van der Waals surface area contributed by atoms with Crippen LogP contribution in [0.25, 0.3) is 0 Å². The van der Waals surface area contributed by atoms with Crippen molar-refractivity contribution in [2.24, 2.45) is 5.92 Å². The minimum atomic E-state index is 0.835. The van der Waals surface area contributed by atoms with Crippen molar-refractivity contribution in [2.75, 3.05) is 52.6 Å². The SMILES string of the molecule is C1CN(CNCC2CCOCC2)CCN1. The molecule has 0 radical (unpaired) electrons. The fourth-order valence-electron chi connectivity index (χ4n) is 2.25. The number of hydrogen-bond donors (Lipinski definition) is 2. The van der Waals surface area contributed by atoms with Gasteiger partial charge in [-0.25, -0.2) is 0 Å². The maximum Gasteiger partial charge on any atom is 0.0481 e. The van der Waals surface area contributed by atoms with Gasteiger partial charge in [-0.2, -0.15) is 0 Å². The van der Waals surface area contributed by atoms with E-state index >= 15 is 0 Å². The van der Waals surface area contributed by atoms with Crippen LogP contribution in [-0.4, -0.2) is 57.5 Å². The highest BCUT2D eigenvalue weighted by molar-refractivity contribution is 4.69. The molecular formula is C11H23N3O. The van der Waals surface area contributed by atoms with E-state index in [0.717, 1.165) is 45.4 Å². The van der Waals surface area contributed by atoms with Crippen molar-refractivity contribution in [3.05, 3.63) is 0 Å². The van der Waals surface area contributed by atoms with Crippen molar-refractivity contribution in [3.63, 3.8) is 0 Å². The molecule has 2 aliphatic heterocycles. The largest absolute Gasteiger partial charge is 0.381 e. The molecule has 2 fully saturated rings. The maximum absolute atomic E-state index is 5.35. The molecule has 15 heavy (non-hydrogen) atoms. The summed E-state index contributed by atoms with van der Waals surface area (Å²) >= 11 is 0.